The van der Waals surface area contributed by atoms with Crippen molar-refractivity contribution in [2.45, 2.75) is 13.0 Å². The number of nitro benzene ring substituents is 1. The highest BCUT2D eigenvalue weighted by molar-refractivity contribution is 9.10. The summed E-state index contributed by atoms with van der Waals surface area (Å²) in [7, 11) is 0. The van der Waals surface area contributed by atoms with Crippen LogP contribution in [0.1, 0.15) is 18.5 Å². The number of nitrogens with zero attached hydrogens (tertiary/aromatic N) is 1. The second kappa shape index (κ2) is 7.04. The SMILES string of the molecule is C[C@@H](NC(=O)Nc1ccc([N+](=O)[O-])cc1)c1cccc(Br)c1. The van der Waals surface area contributed by atoms with Crippen LogP contribution in [0.25, 0.3) is 0 Å². The Balaban J connectivity index is 1.96. The number of amides is 2. The average molecular weight is 364 g/mol. The Morgan fingerprint density at radius 3 is 2.50 bits per heavy atom. The molecule has 6 nitrogen and oxygen atoms in total. The standard InChI is InChI=1S/C15H14BrN3O3/c1-10(11-3-2-4-12(16)9-11)17-15(20)18-13-5-7-14(8-6-13)19(21)22/h2-10H,1H3,(H2,17,18,20)/t10-/m1/s1. The van der Waals surface area contributed by atoms with Crippen LogP contribution in [0.15, 0.2) is 53.0 Å². The molecule has 0 radical (unpaired) electrons. The van der Waals surface area contributed by atoms with Gasteiger partial charge in [0.2, 0.25) is 0 Å². The van der Waals surface area contributed by atoms with E-state index in [1.807, 2.05) is 31.2 Å². The van der Waals surface area contributed by atoms with Gasteiger partial charge in [0, 0.05) is 22.3 Å². The van der Waals surface area contributed by atoms with E-state index in [4.69, 9.17) is 0 Å². The number of benzene rings is 2. The maximum Gasteiger partial charge on any atom is 0.319 e. The zero-order chi connectivity index (χ0) is 16.1. The maximum atomic E-state index is 11.9. The first-order valence-corrected chi connectivity index (χ1v) is 7.32. The van der Waals surface area contributed by atoms with Crippen LogP contribution in [-0.4, -0.2) is 11.0 Å². The summed E-state index contributed by atoms with van der Waals surface area (Å²) >= 11 is 3.39. The van der Waals surface area contributed by atoms with Gasteiger partial charge in [-0.3, -0.25) is 10.1 Å². The molecule has 1 atom stereocenters. The van der Waals surface area contributed by atoms with Crippen LogP contribution in [0.3, 0.4) is 0 Å². The topological polar surface area (TPSA) is 84.3 Å². The number of rotatable bonds is 4. The Bertz CT molecular complexity index is 689. The van der Waals surface area contributed by atoms with Gasteiger partial charge in [-0.05, 0) is 36.8 Å². The fourth-order valence-corrected chi connectivity index (χ4v) is 2.31. The minimum Gasteiger partial charge on any atom is -0.331 e. The number of nitrogens with one attached hydrogen (secondary N) is 2. The van der Waals surface area contributed by atoms with E-state index >= 15 is 0 Å². The number of carbonyl (C=O) groups is 1. The summed E-state index contributed by atoms with van der Waals surface area (Å²) in [5, 5.41) is 16.0. The van der Waals surface area contributed by atoms with Crippen molar-refractivity contribution < 1.29 is 9.72 Å². The van der Waals surface area contributed by atoms with Gasteiger partial charge < -0.3 is 10.6 Å². The van der Waals surface area contributed by atoms with E-state index in [0.29, 0.717) is 5.69 Å². The van der Waals surface area contributed by atoms with E-state index in [2.05, 4.69) is 26.6 Å². The predicted molar refractivity (Wildman–Crippen MR) is 87.8 cm³/mol. The quantitative estimate of drug-likeness (QED) is 0.629. The molecule has 2 amide bonds. The molecule has 22 heavy (non-hydrogen) atoms. The highest BCUT2D eigenvalue weighted by Crippen LogP contribution is 2.18. The van der Waals surface area contributed by atoms with Crippen molar-refractivity contribution in [3.8, 4) is 0 Å². The molecule has 0 aliphatic heterocycles. The third kappa shape index (κ3) is 4.29. The van der Waals surface area contributed by atoms with Gasteiger partial charge in [-0.1, -0.05) is 28.1 Å². The van der Waals surface area contributed by atoms with Gasteiger partial charge in [0.05, 0.1) is 11.0 Å². The van der Waals surface area contributed by atoms with Crippen molar-refractivity contribution >= 4 is 33.3 Å². The van der Waals surface area contributed by atoms with E-state index in [1.54, 1.807) is 0 Å². The first-order chi connectivity index (χ1) is 10.5. The average Bonchev–Trinajstić information content (AvgIpc) is 2.47. The van der Waals surface area contributed by atoms with Crippen LogP contribution >= 0.6 is 15.9 Å². The summed E-state index contributed by atoms with van der Waals surface area (Å²) < 4.78 is 0.939. The Labute approximate surface area is 135 Å². The van der Waals surface area contributed by atoms with Gasteiger partial charge in [0.25, 0.3) is 5.69 Å². The maximum absolute atomic E-state index is 11.9. The van der Waals surface area contributed by atoms with E-state index in [0.717, 1.165) is 10.0 Å². The van der Waals surface area contributed by atoms with E-state index in [1.165, 1.54) is 24.3 Å². The van der Waals surface area contributed by atoms with E-state index in [9.17, 15) is 14.9 Å². The lowest BCUT2D eigenvalue weighted by molar-refractivity contribution is -0.384. The van der Waals surface area contributed by atoms with Gasteiger partial charge in [-0.25, -0.2) is 4.79 Å². The molecule has 0 fully saturated rings. The number of non-ortho nitro benzene ring substituents is 1. The monoisotopic (exact) mass is 363 g/mol. The lowest BCUT2D eigenvalue weighted by Gasteiger charge is -2.15. The summed E-state index contributed by atoms with van der Waals surface area (Å²) in [5.41, 5.74) is 1.44. The molecular formula is C15H14BrN3O3. The molecule has 0 heterocycles. The van der Waals surface area contributed by atoms with Crippen molar-refractivity contribution in [1.82, 2.24) is 5.32 Å². The summed E-state index contributed by atoms with van der Waals surface area (Å²) in [6, 6.07) is 12.8. The summed E-state index contributed by atoms with van der Waals surface area (Å²) in [6.45, 7) is 1.87. The van der Waals surface area contributed by atoms with E-state index in [-0.39, 0.29) is 17.8 Å². The molecule has 0 aromatic heterocycles. The van der Waals surface area contributed by atoms with Crippen LogP contribution in [-0.2, 0) is 0 Å². The Morgan fingerprint density at radius 2 is 1.91 bits per heavy atom. The lowest BCUT2D eigenvalue weighted by Crippen LogP contribution is -2.31. The molecule has 2 aromatic carbocycles. The first-order valence-electron chi connectivity index (χ1n) is 6.53. The summed E-state index contributed by atoms with van der Waals surface area (Å²) in [4.78, 5) is 22.0. The number of urea groups is 1. The summed E-state index contributed by atoms with van der Waals surface area (Å²) in [5.74, 6) is 0. The van der Waals surface area contributed by atoms with Gasteiger partial charge in [0.15, 0.2) is 0 Å². The summed E-state index contributed by atoms with van der Waals surface area (Å²) in [6.07, 6.45) is 0. The van der Waals surface area contributed by atoms with Gasteiger partial charge >= 0.3 is 6.03 Å². The normalized spacial score (nSPS) is 11.5. The largest absolute Gasteiger partial charge is 0.331 e. The predicted octanol–water partition coefficient (Wildman–Crippen LogP) is 4.24. The molecule has 0 aliphatic rings. The first kappa shape index (κ1) is 16.0. The third-order valence-electron chi connectivity index (χ3n) is 3.03. The van der Waals surface area contributed by atoms with Crippen molar-refractivity contribution in [2.24, 2.45) is 0 Å². The van der Waals surface area contributed by atoms with Crippen LogP contribution < -0.4 is 10.6 Å². The smallest absolute Gasteiger partial charge is 0.319 e. The van der Waals surface area contributed by atoms with Crippen molar-refractivity contribution in [3.63, 3.8) is 0 Å². The fraction of sp³-hybridized carbons (Fsp3) is 0.133. The van der Waals surface area contributed by atoms with Crippen LogP contribution in [0.5, 0.6) is 0 Å². The highest BCUT2D eigenvalue weighted by atomic mass is 79.9. The van der Waals surface area contributed by atoms with Gasteiger partial charge in [-0.15, -0.1) is 0 Å². The number of hydrogen-bond donors (Lipinski definition) is 2. The van der Waals surface area contributed by atoms with Gasteiger partial charge in [0.1, 0.15) is 0 Å². The number of hydrogen-bond acceptors (Lipinski definition) is 3. The Morgan fingerprint density at radius 1 is 1.23 bits per heavy atom. The lowest BCUT2D eigenvalue weighted by atomic mass is 10.1. The zero-order valence-corrected chi connectivity index (χ0v) is 13.3. The second-order valence-electron chi connectivity index (χ2n) is 4.68. The molecular weight excluding hydrogens is 350 g/mol. The van der Waals surface area contributed by atoms with Crippen LogP contribution in [0.4, 0.5) is 16.2 Å². The van der Waals surface area contributed by atoms with Crippen molar-refractivity contribution in [3.05, 3.63) is 68.7 Å². The van der Waals surface area contributed by atoms with Crippen LogP contribution in [0, 0.1) is 10.1 Å². The zero-order valence-electron chi connectivity index (χ0n) is 11.7. The van der Waals surface area contributed by atoms with Crippen molar-refractivity contribution in [2.75, 3.05) is 5.32 Å². The number of nitro groups is 1. The van der Waals surface area contributed by atoms with Crippen molar-refractivity contribution in [1.29, 1.82) is 0 Å². The van der Waals surface area contributed by atoms with Crippen LogP contribution in [0.2, 0.25) is 0 Å². The number of anilines is 1. The van der Waals surface area contributed by atoms with Gasteiger partial charge in [-0.2, -0.15) is 0 Å². The van der Waals surface area contributed by atoms with E-state index < -0.39 is 4.92 Å². The highest BCUT2D eigenvalue weighted by Gasteiger charge is 2.10. The molecule has 2 aromatic rings. The molecule has 0 spiro atoms. The molecule has 2 rings (SSSR count). The molecule has 0 bridgehead atoms. The number of halogens is 1. The second-order valence-corrected chi connectivity index (χ2v) is 5.59. The molecule has 0 aliphatic carbocycles. The Kier molecular flexibility index (Phi) is 5.11. The Hall–Kier alpha value is -2.41. The molecule has 7 heteroatoms. The minimum absolute atomic E-state index is 0.0199. The molecule has 0 unspecified atom stereocenters. The molecule has 114 valence electrons. The number of carbonyl (C=O) groups excluding carboxylic acids is 1. The minimum atomic E-state index is -0.487. The molecule has 2 N–H and O–H groups in total. The third-order valence-corrected chi connectivity index (χ3v) is 3.53. The molecule has 0 saturated carbocycles. The molecule has 0 saturated heterocycles. The fourth-order valence-electron chi connectivity index (χ4n) is 1.89.